The first kappa shape index (κ1) is 40.0. The van der Waals surface area contributed by atoms with Crippen molar-refractivity contribution in [3.05, 3.63) is 128 Å². The molecule has 6 bridgehead atoms. The summed E-state index contributed by atoms with van der Waals surface area (Å²) in [6.45, 7) is 26.1. The third kappa shape index (κ3) is 5.85. The molecule has 0 fully saturated rings. The Morgan fingerprint density at radius 3 is 1.25 bits per heavy atom. The van der Waals surface area contributed by atoms with Gasteiger partial charge in [0.2, 0.25) is 0 Å². The van der Waals surface area contributed by atoms with Gasteiger partial charge < -0.3 is 5.48 Å². The lowest BCUT2D eigenvalue weighted by Crippen LogP contribution is -2.33. The van der Waals surface area contributed by atoms with Crippen LogP contribution in [0.1, 0.15) is 128 Å². The van der Waals surface area contributed by atoms with E-state index in [1.807, 2.05) is 12.1 Å². The van der Waals surface area contributed by atoms with E-state index < -0.39 is 8.02 Å². The summed E-state index contributed by atoms with van der Waals surface area (Å²) in [6.07, 6.45) is 0. The van der Waals surface area contributed by atoms with E-state index in [2.05, 4.69) is 144 Å². The van der Waals surface area contributed by atoms with Gasteiger partial charge in [0.15, 0.2) is 46.0 Å². The summed E-state index contributed by atoms with van der Waals surface area (Å²) >= 11 is 0. The van der Waals surface area contributed by atoms with E-state index in [-0.39, 0.29) is 27.1 Å². The number of hydrogen-bond donors (Lipinski definition) is 2. The van der Waals surface area contributed by atoms with Crippen molar-refractivity contribution in [2.24, 2.45) is 30.0 Å². The van der Waals surface area contributed by atoms with Crippen LogP contribution in [0.3, 0.4) is 0 Å². The Balaban J connectivity index is 0.00000462. The van der Waals surface area contributed by atoms with E-state index in [0.29, 0.717) is 56.7 Å². The van der Waals surface area contributed by atoms with Crippen LogP contribution in [0, 0.1) is 0 Å². The molecule has 306 valence electrons. The topological polar surface area (TPSA) is 154 Å². The molecule has 11 nitrogen and oxygen atoms in total. The lowest BCUT2D eigenvalue weighted by atomic mass is 9.85. The van der Waals surface area contributed by atoms with E-state index in [4.69, 9.17) is 30.0 Å². The van der Waals surface area contributed by atoms with Crippen LogP contribution in [0.2, 0.25) is 0 Å². The molecule has 10 rings (SSSR count). The molecular formula is C48H51N8O3P. The number of nitrogens with zero attached hydrogens (tertiary/aromatic N) is 8. The van der Waals surface area contributed by atoms with Gasteiger partial charge in [0.05, 0.1) is 0 Å². The minimum atomic E-state index is -4.57. The van der Waals surface area contributed by atoms with Crippen molar-refractivity contribution < 1.29 is 15.3 Å². The fraction of sp³-hybridized carbons (Fsp3) is 0.333. The molecule has 4 aliphatic rings. The van der Waals surface area contributed by atoms with Gasteiger partial charge in [0.1, 0.15) is 0 Å². The first-order chi connectivity index (χ1) is 27.5. The van der Waals surface area contributed by atoms with Crippen LogP contribution in [-0.4, -0.2) is 47.3 Å². The van der Waals surface area contributed by atoms with Gasteiger partial charge in [-0.1, -0.05) is 132 Å². The molecule has 3 N–H and O–H groups in total. The van der Waals surface area contributed by atoms with Crippen molar-refractivity contribution in [1.82, 2.24) is 8.68 Å². The molecule has 0 radical (unpaired) electrons. The molecule has 0 saturated carbocycles. The second-order valence-corrected chi connectivity index (χ2v) is 22.3. The molecule has 60 heavy (non-hydrogen) atoms. The number of aromatic nitrogens is 2. The highest BCUT2D eigenvalue weighted by molar-refractivity contribution is 7.61. The van der Waals surface area contributed by atoms with Crippen LogP contribution < -0.4 is 11.0 Å². The van der Waals surface area contributed by atoms with Crippen molar-refractivity contribution in [1.29, 1.82) is 0 Å². The van der Waals surface area contributed by atoms with Crippen LogP contribution >= 0.6 is 8.02 Å². The van der Waals surface area contributed by atoms with Gasteiger partial charge in [0.25, 0.3) is 0 Å². The first-order valence-corrected chi connectivity index (χ1v) is 21.9. The highest BCUT2D eigenvalue weighted by atomic mass is 31.2. The lowest BCUT2D eigenvalue weighted by molar-refractivity contribution is 0.419. The minimum absolute atomic E-state index is 0. The molecule has 0 saturated heterocycles. The average molecular weight is 819 g/mol. The summed E-state index contributed by atoms with van der Waals surface area (Å²) in [5.74, 6) is 2.46. The summed E-state index contributed by atoms with van der Waals surface area (Å²) < 4.78 is 3.06. The van der Waals surface area contributed by atoms with Crippen LogP contribution in [0.5, 0.6) is 0 Å². The van der Waals surface area contributed by atoms with E-state index in [1.54, 1.807) is 0 Å². The third-order valence-electron chi connectivity index (χ3n) is 12.1. The monoisotopic (exact) mass is 818 g/mol. The quantitative estimate of drug-likeness (QED) is 0.147. The predicted molar refractivity (Wildman–Crippen MR) is 243 cm³/mol. The van der Waals surface area contributed by atoms with Crippen LogP contribution in [0.15, 0.2) is 103 Å². The van der Waals surface area contributed by atoms with Crippen molar-refractivity contribution in [2.45, 2.75) is 105 Å². The zero-order valence-corrected chi connectivity index (χ0v) is 37.2. The van der Waals surface area contributed by atoms with Gasteiger partial charge in [-0.05, 0) is 68.2 Å². The van der Waals surface area contributed by atoms with E-state index in [0.717, 1.165) is 55.3 Å². The lowest BCUT2D eigenvalue weighted by Gasteiger charge is -2.19. The Morgan fingerprint density at radius 2 is 0.750 bits per heavy atom. The van der Waals surface area contributed by atoms with Gasteiger partial charge >= 0.3 is 8.02 Å². The molecular weight excluding hydrogens is 768 g/mol. The Bertz CT molecular complexity index is 3170. The summed E-state index contributed by atoms with van der Waals surface area (Å²) in [6, 6.07) is 25.1. The van der Waals surface area contributed by atoms with Gasteiger partial charge in [-0.25, -0.2) is 30.0 Å². The zero-order valence-electron chi connectivity index (χ0n) is 36.3. The predicted octanol–water partition coefficient (Wildman–Crippen LogP) is 9.61. The average Bonchev–Trinajstić information content (AvgIpc) is 3.85. The van der Waals surface area contributed by atoms with Crippen LogP contribution in [-0.2, 0) is 21.7 Å². The number of rotatable bonds is 0. The highest BCUT2D eigenvalue weighted by Crippen LogP contribution is 2.60. The molecule has 4 aliphatic heterocycles. The second kappa shape index (κ2) is 12.6. The molecule has 0 amide bonds. The van der Waals surface area contributed by atoms with Gasteiger partial charge in [-0.3, -0.25) is 0 Å². The van der Waals surface area contributed by atoms with Gasteiger partial charge in [0, 0.05) is 43.8 Å². The van der Waals surface area contributed by atoms with E-state index in [1.165, 1.54) is 8.68 Å². The summed E-state index contributed by atoms with van der Waals surface area (Å²) in [5.41, 5.74) is 7.65. The highest BCUT2D eigenvalue weighted by Gasteiger charge is 2.50. The maximum Gasteiger partial charge on any atom is 0.498 e. The first-order valence-electron chi connectivity index (χ1n) is 20.3. The second-order valence-electron chi connectivity index (χ2n) is 20.5. The van der Waals surface area contributed by atoms with E-state index >= 15 is 0 Å². The molecule has 2 aromatic heterocycles. The van der Waals surface area contributed by atoms with Crippen molar-refractivity contribution in [2.75, 3.05) is 0 Å². The number of fused-ring (bicyclic) bond motifs is 14. The Hall–Kier alpha value is -5.45. The molecule has 0 spiro atoms. The molecule has 6 aromatic rings. The van der Waals surface area contributed by atoms with Gasteiger partial charge in [-0.15, -0.1) is 8.68 Å². The Kier molecular flexibility index (Phi) is 8.36. The summed E-state index contributed by atoms with van der Waals surface area (Å²) in [5, 5.41) is 2.87. The van der Waals surface area contributed by atoms with E-state index in [9.17, 15) is 9.79 Å². The normalized spacial score (nSPS) is 16.5. The Morgan fingerprint density at radius 1 is 0.383 bits per heavy atom. The summed E-state index contributed by atoms with van der Waals surface area (Å²) in [7, 11) is -4.57. The maximum atomic E-state index is 13.4. The molecule has 0 atom stereocenters. The molecule has 4 aromatic carbocycles. The van der Waals surface area contributed by atoms with Crippen LogP contribution in [0.25, 0.3) is 21.5 Å². The molecule has 0 aliphatic carbocycles. The zero-order chi connectivity index (χ0) is 41.9. The fourth-order valence-electron chi connectivity index (χ4n) is 8.43. The largest absolute Gasteiger partial charge is 0.870 e. The smallest absolute Gasteiger partial charge is 0.498 e. The summed E-state index contributed by atoms with van der Waals surface area (Å²) in [4.78, 5) is 58.4. The minimum Gasteiger partial charge on any atom is -0.870 e. The van der Waals surface area contributed by atoms with Gasteiger partial charge in [-0.2, -0.15) is 9.79 Å². The standard InChI is InChI=1S/C48H50N8O2P.H2O/c1-45(2,3)25-13-17-29-33(21-25)39-49-37(29)51-43-36-24-28(48(10,11)12)16-20-32(36)42-54-40-34-22-26(46(4,5)6)14-18-30(34)38(50-40)52-44-35-23-27(47(7,8)9)15-19-31(35)41(53-39)55(44)59(57,58)56(42)43;/h13-24,57-58H,1-12H3;1H2/q+1;/p-1. The van der Waals surface area contributed by atoms with Crippen molar-refractivity contribution in [3.8, 4) is 0 Å². The van der Waals surface area contributed by atoms with Crippen LogP contribution in [0.4, 0.5) is 11.6 Å². The number of amidine groups is 4. The number of hydrogen-bond acceptors (Lipinski definition) is 9. The fourth-order valence-corrected chi connectivity index (χ4v) is 10.2. The SMILES string of the molecule is CC(C)(C)c1ccc2c(c1)C1=NC2=Nc2c3cc(C(C)(C)C)ccc3c3n2[P+](O)(O)n2c(c4ccc(C(C)(C)C)cc4c2=NC2=NC(=N3)c3cc(C(C)(C)C)ccc32)=N1.[OH-]. The Labute approximate surface area is 350 Å². The maximum absolute atomic E-state index is 13.4. The molecule has 12 heteroatoms. The third-order valence-corrected chi connectivity index (χ3v) is 13.9. The molecule has 0 unspecified atom stereocenters. The van der Waals surface area contributed by atoms with Crippen molar-refractivity contribution >= 4 is 64.5 Å². The van der Waals surface area contributed by atoms with Crippen molar-refractivity contribution in [3.63, 3.8) is 0 Å². The molecule has 6 heterocycles. The number of benzene rings is 4. The number of aliphatic imine (C=N–C) groups is 4.